The number of likely N-dealkylation sites (N-methyl/N-ethyl adjacent to an activating group) is 1. The molecule has 3 aliphatic rings. The summed E-state index contributed by atoms with van der Waals surface area (Å²) in [4.78, 5) is 56.7. The lowest BCUT2D eigenvalue weighted by Crippen LogP contribution is -2.63. The maximum Gasteiger partial charge on any atom is 0.409 e. The number of aliphatic hydroxyl groups is 1. The van der Waals surface area contributed by atoms with Crippen molar-refractivity contribution in [1.29, 1.82) is 0 Å². The van der Waals surface area contributed by atoms with Gasteiger partial charge in [0.2, 0.25) is 11.8 Å². The molecule has 14 nitrogen and oxygen atoms in total. The molecule has 3 N–H and O–H groups in total. The van der Waals surface area contributed by atoms with E-state index in [4.69, 9.17) is 35.3 Å². The Morgan fingerprint density at radius 1 is 1.17 bits per heavy atom. The van der Waals surface area contributed by atoms with Crippen LogP contribution in [0.4, 0.5) is 10.5 Å². The van der Waals surface area contributed by atoms with Gasteiger partial charge in [-0.25, -0.2) is 9.59 Å². The number of allylic oxidation sites excluding steroid dienone is 3. The number of nitrogens with zero attached hydrogens (tertiary/aromatic N) is 2. The molecule has 0 saturated carbocycles. The summed E-state index contributed by atoms with van der Waals surface area (Å²) in [6.45, 7) is 13.9. The van der Waals surface area contributed by atoms with Crippen molar-refractivity contribution in [2.75, 3.05) is 46.3 Å². The van der Waals surface area contributed by atoms with Gasteiger partial charge in [0, 0.05) is 39.5 Å². The van der Waals surface area contributed by atoms with E-state index in [2.05, 4.69) is 17.2 Å². The van der Waals surface area contributed by atoms with E-state index in [-0.39, 0.29) is 29.7 Å². The number of hydrogen-bond donors (Lipinski definition) is 3. The minimum atomic E-state index is -1.70. The van der Waals surface area contributed by atoms with Gasteiger partial charge in [-0.3, -0.25) is 14.9 Å². The highest BCUT2D eigenvalue weighted by atomic mass is 35.5. The molecule has 3 heterocycles. The van der Waals surface area contributed by atoms with Crippen LogP contribution in [0.15, 0.2) is 36.4 Å². The minimum absolute atomic E-state index is 0.00423. The van der Waals surface area contributed by atoms with Crippen molar-refractivity contribution in [2.24, 2.45) is 11.8 Å². The molecule has 1 unspecified atom stereocenters. The molecule has 4 rings (SSSR count). The fourth-order valence-corrected chi connectivity index (χ4v) is 7.59. The highest BCUT2D eigenvalue weighted by Gasteiger charge is 2.64. The Balaban J connectivity index is 1.61. The summed E-state index contributed by atoms with van der Waals surface area (Å²) in [7, 11) is 6.08. The number of nitrogens with one attached hydrogen (secondary N) is 2. The molecule has 3 saturated heterocycles. The molecule has 0 aromatic heterocycles. The van der Waals surface area contributed by atoms with E-state index in [0.717, 1.165) is 11.1 Å². The van der Waals surface area contributed by atoms with E-state index in [0.29, 0.717) is 43.8 Å². The Kier molecular flexibility index (Phi) is 14.2. The van der Waals surface area contributed by atoms with Crippen LogP contribution in [0.3, 0.4) is 0 Å². The van der Waals surface area contributed by atoms with Gasteiger partial charge in [-0.2, -0.15) is 0 Å². The third-order valence-corrected chi connectivity index (χ3v) is 11.6. The fourth-order valence-electron chi connectivity index (χ4n) is 7.27. The van der Waals surface area contributed by atoms with E-state index in [1.54, 1.807) is 47.9 Å². The van der Waals surface area contributed by atoms with Crippen LogP contribution in [-0.2, 0) is 39.8 Å². The molecule has 1 aromatic carbocycles. The standard InChI is InChI=1S/C39H57ClN4O10/c1-11-12-22(2)17-26-18-28(33(40)29(19-26)51-10)44(8)32(45)20-31(53-36(47)24(4)43(7)35(46)27-13-15-41-16-14-27)38(6)34(54-38)23(3)30-21-39(49,25(5)50-9)42-37(48)52-30/h11-12,18-19,23-25,27,30-31,34,41,49H,1,13-17,20-21H2,2-10H3,(H,42,48)/b22-12+/t23-,24+,25-,30+,31?,34+,38+,39+/m1/s1. The molecule has 1 aromatic rings. The van der Waals surface area contributed by atoms with E-state index >= 15 is 0 Å². The summed E-state index contributed by atoms with van der Waals surface area (Å²) >= 11 is 6.75. The molecule has 54 heavy (non-hydrogen) atoms. The van der Waals surface area contributed by atoms with E-state index in [1.165, 1.54) is 24.0 Å². The van der Waals surface area contributed by atoms with Crippen LogP contribution in [0.5, 0.6) is 5.75 Å². The van der Waals surface area contributed by atoms with Gasteiger partial charge in [-0.15, -0.1) is 0 Å². The van der Waals surface area contributed by atoms with Gasteiger partial charge in [-0.05, 0) is 77.7 Å². The maximum absolute atomic E-state index is 14.2. The molecule has 3 fully saturated rings. The van der Waals surface area contributed by atoms with Gasteiger partial charge in [0.25, 0.3) is 0 Å². The number of benzene rings is 1. The first-order valence-electron chi connectivity index (χ1n) is 18.4. The number of anilines is 1. The van der Waals surface area contributed by atoms with Gasteiger partial charge < -0.3 is 43.9 Å². The van der Waals surface area contributed by atoms with Crippen molar-refractivity contribution in [3.05, 3.63) is 47.0 Å². The predicted octanol–water partition coefficient (Wildman–Crippen LogP) is 4.15. The van der Waals surface area contributed by atoms with Gasteiger partial charge in [-0.1, -0.05) is 42.8 Å². The van der Waals surface area contributed by atoms with Crippen LogP contribution in [-0.4, -0.2) is 117 Å². The largest absolute Gasteiger partial charge is 0.495 e. The summed E-state index contributed by atoms with van der Waals surface area (Å²) in [6.07, 6.45) is 1.02. The number of methoxy groups -OCH3 is 2. The van der Waals surface area contributed by atoms with Crippen LogP contribution in [0.2, 0.25) is 5.02 Å². The number of alkyl carbamates (subject to hydrolysis) is 1. The quantitative estimate of drug-likeness (QED) is 0.125. The number of halogens is 1. The Labute approximate surface area is 323 Å². The Hall–Kier alpha value is -3.69. The van der Waals surface area contributed by atoms with Crippen LogP contribution in [0.1, 0.15) is 65.9 Å². The monoisotopic (exact) mass is 776 g/mol. The van der Waals surface area contributed by atoms with Crippen LogP contribution >= 0.6 is 11.6 Å². The fraction of sp³-hybridized carbons (Fsp3) is 0.641. The van der Waals surface area contributed by atoms with Crippen molar-refractivity contribution in [2.45, 2.75) is 109 Å². The first kappa shape index (κ1) is 43.0. The second-order valence-electron chi connectivity index (χ2n) is 14.9. The number of cyclic esters (lactones) is 1. The lowest BCUT2D eigenvalue weighted by molar-refractivity contribution is -0.163. The predicted molar refractivity (Wildman–Crippen MR) is 203 cm³/mol. The average Bonchev–Trinajstić information content (AvgIpc) is 3.85. The van der Waals surface area contributed by atoms with Crippen molar-refractivity contribution in [3.8, 4) is 5.75 Å². The third-order valence-electron chi connectivity index (χ3n) is 11.2. The molecular formula is C39H57ClN4O10. The number of carbonyl (C=O) groups excluding carboxylic acids is 4. The van der Waals surface area contributed by atoms with Crippen LogP contribution in [0.25, 0.3) is 0 Å². The molecule has 300 valence electrons. The van der Waals surface area contributed by atoms with Crippen molar-refractivity contribution < 1.29 is 48.0 Å². The molecule has 0 bridgehead atoms. The van der Waals surface area contributed by atoms with Crippen molar-refractivity contribution in [3.63, 3.8) is 0 Å². The highest BCUT2D eigenvalue weighted by molar-refractivity contribution is 6.35. The van der Waals surface area contributed by atoms with Gasteiger partial charge in [0.05, 0.1) is 25.3 Å². The van der Waals surface area contributed by atoms with Crippen LogP contribution < -0.4 is 20.3 Å². The van der Waals surface area contributed by atoms with Gasteiger partial charge in [0.15, 0.2) is 5.72 Å². The second-order valence-corrected chi connectivity index (χ2v) is 15.3. The molecule has 8 atom stereocenters. The zero-order valence-electron chi connectivity index (χ0n) is 32.9. The second kappa shape index (κ2) is 17.8. The Bertz CT molecular complexity index is 1600. The lowest BCUT2D eigenvalue weighted by atomic mass is 9.84. The number of carbonyl (C=O) groups is 4. The summed E-state index contributed by atoms with van der Waals surface area (Å²) < 4.78 is 28.9. The number of rotatable bonds is 16. The van der Waals surface area contributed by atoms with Gasteiger partial charge in [0.1, 0.15) is 40.7 Å². The number of amides is 3. The number of ether oxygens (including phenoxy) is 5. The summed E-state index contributed by atoms with van der Waals surface area (Å²) in [5.41, 5.74) is -0.624. The highest BCUT2D eigenvalue weighted by Crippen LogP contribution is 2.49. The zero-order chi connectivity index (χ0) is 40.1. The number of epoxide rings is 1. The normalized spacial score (nSPS) is 26.6. The summed E-state index contributed by atoms with van der Waals surface area (Å²) in [6, 6.07) is 2.66. The maximum atomic E-state index is 14.2. The molecule has 15 heteroatoms. The van der Waals surface area contributed by atoms with Gasteiger partial charge >= 0.3 is 12.1 Å². The smallest absolute Gasteiger partial charge is 0.409 e. The Morgan fingerprint density at radius 2 is 1.83 bits per heavy atom. The molecule has 0 spiro atoms. The number of esters is 1. The molecule has 3 amide bonds. The van der Waals surface area contributed by atoms with Crippen molar-refractivity contribution in [1.82, 2.24) is 15.5 Å². The first-order chi connectivity index (χ1) is 25.4. The Morgan fingerprint density at radius 3 is 2.44 bits per heavy atom. The zero-order valence-corrected chi connectivity index (χ0v) is 33.7. The van der Waals surface area contributed by atoms with E-state index < -0.39 is 65.7 Å². The number of hydrogen-bond acceptors (Lipinski definition) is 11. The minimum Gasteiger partial charge on any atom is -0.495 e. The van der Waals surface area contributed by atoms with Crippen LogP contribution in [0, 0.1) is 11.8 Å². The molecule has 0 aliphatic carbocycles. The molecular weight excluding hydrogens is 720 g/mol. The SMILES string of the molecule is C=C/C=C(\C)Cc1cc(OC)c(Cl)c(N(C)C(=O)CC(OC(=O)[C@H](C)N(C)C(=O)C2CCNCC2)[C@]2(C)O[C@H]2[C@H](C)[C@@H]2C[C@](O)([C@@H](C)OC)NC(=O)O2)c1. The van der Waals surface area contributed by atoms with E-state index in [9.17, 15) is 24.3 Å². The van der Waals surface area contributed by atoms with E-state index in [1.807, 2.05) is 25.1 Å². The topological polar surface area (TPSA) is 168 Å². The summed E-state index contributed by atoms with van der Waals surface area (Å²) in [5.74, 6) is -1.62. The first-order valence-corrected chi connectivity index (χ1v) is 18.8. The third kappa shape index (κ3) is 9.57. The summed E-state index contributed by atoms with van der Waals surface area (Å²) in [5, 5.41) is 17.1. The lowest BCUT2D eigenvalue weighted by Gasteiger charge is -2.41. The molecule has 0 radical (unpaired) electrons. The van der Waals surface area contributed by atoms with Crippen molar-refractivity contribution >= 4 is 41.2 Å². The average molecular weight is 777 g/mol. The number of piperidine rings is 1. The molecule has 3 aliphatic heterocycles.